The van der Waals surface area contributed by atoms with E-state index in [1.807, 2.05) is 25.9 Å². The molecule has 0 atom stereocenters. The number of anilines is 1. The van der Waals surface area contributed by atoms with Crippen molar-refractivity contribution in [2.24, 2.45) is 0 Å². The quantitative estimate of drug-likeness (QED) is 0.809. The number of benzene rings is 1. The predicted octanol–water partition coefficient (Wildman–Crippen LogP) is 1.41. The van der Waals surface area contributed by atoms with E-state index >= 15 is 0 Å². The maximum absolute atomic E-state index is 12.1. The molecule has 0 heterocycles. The lowest BCUT2D eigenvalue weighted by Crippen LogP contribution is -2.41. The number of hydrogen-bond acceptors (Lipinski definition) is 4. The van der Waals surface area contributed by atoms with Crippen molar-refractivity contribution < 1.29 is 13.2 Å². The number of carbonyl (C=O) groups excluding carboxylic acids is 1. The fourth-order valence-corrected chi connectivity index (χ4v) is 2.69. The van der Waals surface area contributed by atoms with E-state index in [2.05, 4.69) is 5.32 Å². The summed E-state index contributed by atoms with van der Waals surface area (Å²) in [7, 11) is 0.240. The summed E-state index contributed by atoms with van der Waals surface area (Å²) in [4.78, 5) is 14.0. The number of carbonyl (C=O) groups is 1. The number of halogens is 1. The maximum atomic E-state index is 12.1. The minimum absolute atomic E-state index is 0.224. The van der Waals surface area contributed by atoms with Crippen molar-refractivity contribution in [3.63, 3.8) is 0 Å². The van der Waals surface area contributed by atoms with Gasteiger partial charge in [-0.25, -0.2) is 8.42 Å². The molecule has 0 fully saturated rings. The first-order valence-electron chi connectivity index (χ1n) is 6.75. The molecule has 0 aliphatic rings. The molecule has 0 radical (unpaired) electrons. The molecule has 0 saturated heterocycles. The van der Waals surface area contributed by atoms with Gasteiger partial charge in [0.1, 0.15) is 0 Å². The van der Waals surface area contributed by atoms with E-state index < -0.39 is 15.9 Å². The Morgan fingerprint density at radius 1 is 1.27 bits per heavy atom. The number of sulfonamides is 1. The summed E-state index contributed by atoms with van der Waals surface area (Å²) in [5, 5.41) is 3.21. The summed E-state index contributed by atoms with van der Waals surface area (Å²) in [6, 6.07) is 5.16. The standard InChI is InChI=1S/C14H22ClN3O3S/c1-11-5-6-12(15)9-13(11)16-14(19)10-18(22(4,20)21)8-7-17(2)3/h5-6,9H,7-8,10H2,1-4H3,(H,16,19). The van der Waals surface area contributed by atoms with Gasteiger partial charge in [-0.05, 0) is 38.7 Å². The number of rotatable bonds is 7. The van der Waals surface area contributed by atoms with Crippen LogP contribution in [0, 0.1) is 6.92 Å². The van der Waals surface area contributed by atoms with Crippen LogP contribution in [0.3, 0.4) is 0 Å². The van der Waals surface area contributed by atoms with Gasteiger partial charge in [0.15, 0.2) is 0 Å². The van der Waals surface area contributed by atoms with Gasteiger partial charge in [0.2, 0.25) is 15.9 Å². The van der Waals surface area contributed by atoms with E-state index in [4.69, 9.17) is 11.6 Å². The fraction of sp³-hybridized carbons (Fsp3) is 0.500. The highest BCUT2D eigenvalue weighted by molar-refractivity contribution is 7.88. The second-order valence-corrected chi connectivity index (χ2v) is 7.83. The average molecular weight is 348 g/mol. The molecule has 0 spiro atoms. The van der Waals surface area contributed by atoms with Crippen LogP contribution in [0.5, 0.6) is 0 Å². The zero-order valence-corrected chi connectivity index (χ0v) is 14.8. The first-order chi connectivity index (χ1) is 10.1. The van der Waals surface area contributed by atoms with Crippen molar-refractivity contribution >= 4 is 33.2 Å². The molecule has 124 valence electrons. The van der Waals surface area contributed by atoms with Crippen LogP contribution in [0.4, 0.5) is 5.69 Å². The van der Waals surface area contributed by atoms with Gasteiger partial charge >= 0.3 is 0 Å². The number of aryl methyl sites for hydroxylation is 1. The summed E-state index contributed by atoms with van der Waals surface area (Å²) in [5.41, 5.74) is 1.44. The van der Waals surface area contributed by atoms with E-state index in [1.165, 1.54) is 0 Å². The zero-order valence-electron chi connectivity index (χ0n) is 13.3. The molecule has 1 rings (SSSR count). The molecule has 1 aromatic carbocycles. The van der Waals surface area contributed by atoms with Gasteiger partial charge < -0.3 is 10.2 Å². The third kappa shape index (κ3) is 6.31. The van der Waals surface area contributed by atoms with Crippen molar-refractivity contribution in [2.45, 2.75) is 6.92 Å². The summed E-state index contributed by atoms with van der Waals surface area (Å²) in [6.45, 7) is 2.41. The molecular formula is C14H22ClN3O3S. The molecule has 6 nitrogen and oxygen atoms in total. The van der Waals surface area contributed by atoms with Gasteiger partial charge in [-0.3, -0.25) is 4.79 Å². The zero-order chi connectivity index (χ0) is 16.9. The van der Waals surface area contributed by atoms with Crippen molar-refractivity contribution in [1.29, 1.82) is 0 Å². The number of nitrogens with zero attached hydrogens (tertiary/aromatic N) is 2. The SMILES string of the molecule is Cc1ccc(Cl)cc1NC(=O)CN(CCN(C)C)S(C)(=O)=O. The number of nitrogens with one attached hydrogen (secondary N) is 1. The number of likely N-dealkylation sites (N-methyl/N-ethyl adjacent to an activating group) is 1. The highest BCUT2D eigenvalue weighted by Gasteiger charge is 2.20. The lowest BCUT2D eigenvalue weighted by Gasteiger charge is -2.21. The molecule has 0 aliphatic carbocycles. The monoisotopic (exact) mass is 347 g/mol. The Labute approximate surface area is 137 Å². The Bertz CT molecular complexity index is 632. The van der Waals surface area contributed by atoms with Crippen LogP contribution in [-0.4, -0.2) is 63.5 Å². The Hall–Kier alpha value is -1.15. The Morgan fingerprint density at radius 3 is 2.45 bits per heavy atom. The molecule has 0 bridgehead atoms. The highest BCUT2D eigenvalue weighted by Crippen LogP contribution is 2.20. The minimum atomic E-state index is -3.45. The minimum Gasteiger partial charge on any atom is -0.325 e. The van der Waals surface area contributed by atoms with Crippen LogP contribution < -0.4 is 5.32 Å². The van der Waals surface area contributed by atoms with Gasteiger partial charge in [0.25, 0.3) is 0 Å². The third-order valence-electron chi connectivity index (χ3n) is 3.06. The second kappa shape index (κ2) is 7.92. The largest absolute Gasteiger partial charge is 0.325 e. The van der Waals surface area contributed by atoms with Gasteiger partial charge in [-0.15, -0.1) is 0 Å². The number of amides is 1. The smallest absolute Gasteiger partial charge is 0.239 e. The van der Waals surface area contributed by atoms with Crippen LogP contribution in [0.2, 0.25) is 5.02 Å². The van der Waals surface area contributed by atoms with E-state index in [0.717, 1.165) is 16.1 Å². The molecule has 0 aromatic heterocycles. The average Bonchev–Trinajstić information content (AvgIpc) is 2.37. The van der Waals surface area contributed by atoms with E-state index in [1.54, 1.807) is 18.2 Å². The fourth-order valence-electron chi connectivity index (χ4n) is 1.75. The van der Waals surface area contributed by atoms with Crippen LogP contribution in [0.15, 0.2) is 18.2 Å². The number of hydrogen-bond donors (Lipinski definition) is 1. The molecule has 22 heavy (non-hydrogen) atoms. The lowest BCUT2D eigenvalue weighted by atomic mass is 10.2. The molecular weight excluding hydrogens is 326 g/mol. The Kier molecular flexibility index (Phi) is 6.80. The van der Waals surface area contributed by atoms with E-state index in [0.29, 0.717) is 17.3 Å². The van der Waals surface area contributed by atoms with Crippen molar-refractivity contribution in [3.8, 4) is 0 Å². The lowest BCUT2D eigenvalue weighted by molar-refractivity contribution is -0.116. The third-order valence-corrected chi connectivity index (χ3v) is 4.54. The van der Waals surface area contributed by atoms with E-state index in [-0.39, 0.29) is 13.1 Å². The van der Waals surface area contributed by atoms with Gasteiger partial charge in [0, 0.05) is 23.8 Å². The summed E-state index contributed by atoms with van der Waals surface area (Å²) in [5.74, 6) is -0.394. The molecule has 1 aromatic rings. The van der Waals surface area contributed by atoms with Crippen LogP contribution in [0.25, 0.3) is 0 Å². The van der Waals surface area contributed by atoms with Crippen LogP contribution >= 0.6 is 11.6 Å². The normalized spacial score (nSPS) is 12.0. The molecule has 0 aliphatic heterocycles. The topological polar surface area (TPSA) is 69.7 Å². The van der Waals surface area contributed by atoms with Crippen molar-refractivity contribution in [2.75, 3.05) is 45.3 Å². The predicted molar refractivity (Wildman–Crippen MR) is 89.8 cm³/mol. The van der Waals surface area contributed by atoms with Crippen molar-refractivity contribution in [1.82, 2.24) is 9.21 Å². The van der Waals surface area contributed by atoms with Gasteiger partial charge in [-0.2, -0.15) is 4.31 Å². The Balaban J connectivity index is 2.77. The van der Waals surface area contributed by atoms with Gasteiger partial charge in [0.05, 0.1) is 12.8 Å². The first kappa shape index (κ1) is 18.9. The second-order valence-electron chi connectivity index (χ2n) is 5.41. The summed E-state index contributed by atoms with van der Waals surface area (Å²) in [6.07, 6.45) is 1.10. The summed E-state index contributed by atoms with van der Waals surface area (Å²) < 4.78 is 24.7. The Morgan fingerprint density at radius 2 is 1.91 bits per heavy atom. The molecule has 0 unspecified atom stereocenters. The summed E-state index contributed by atoms with van der Waals surface area (Å²) >= 11 is 5.90. The molecule has 8 heteroatoms. The highest BCUT2D eigenvalue weighted by atomic mass is 35.5. The van der Waals surface area contributed by atoms with Crippen LogP contribution in [0.1, 0.15) is 5.56 Å². The van der Waals surface area contributed by atoms with E-state index in [9.17, 15) is 13.2 Å². The molecule has 1 N–H and O–H groups in total. The van der Waals surface area contributed by atoms with Gasteiger partial charge in [-0.1, -0.05) is 17.7 Å². The van der Waals surface area contributed by atoms with Crippen LogP contribution in [-0.2, 0) is 14.8 Å². The molecule has 0 saturated carbocycles. The molecule has 1 amide bonds. The first-order valence-corrected chi connectivity index (χ1v) is 8.98. The van der Waals surface area contributed by atoms with Crippen molar-refractivity contribution in [3.05, 3.63) is 28.8 Å². The maximum Gasteiger partial charge on any atom is 0.239 e.